The third kappa shape index (κ3) is 4.17. The number of halogens is 1. The zero-order valence-electron chi connectivity index (χ0n) is 12.8. The van der Waals surface area contributed by atoms with Crippen molar-refractivity contribution in [2.24, 2.45) is 0 Å². The second-order valence-corrected chi connectivity index (χ2v) is 6.29. The van der Waals surface area contributed by atoms with Crippen molar-refractivity contribution >= 4 is 17.3 Å². The molecule has 4 nitrogen and oxygen atoms in total. The molecule has 0 unspecified atom stereocenters. The minimum absolute atomic E-state index is 0.154. The normalized spacial score (nSPS) is 17.9. The van der Waals surface area contributed by atoms with E-state index in [1.54, 1.807) is 0 Å². The number of nitrogen functional groups attached to an aromatic ring is 1. The molecule has 1 aromatic carbocycles. The molecule has 3 N–H and O–H groups in total. The van der Waals surface area contributed by atoms with Crippen molar-refractivity contribution < 1.29 is 9.18 Å². The van der Waals surface area contributed by atoms with Crippen LogP contribution in [0.25, 0.3) is 0 Å². The summed E-state index contributed by atoms with van der Waals surface area (Å²) < 4.78 is 13.5. The first-order valence-electron chi connectivity index (χ1n) is 7.48. The van der Waals surface area contributed by atoms with E-state index in [0.29, 0.717) is 12.1 Å². The molecule has 0 spiro atoms. The van der Waals surface area contributed by atoms with Gasteiger partial charge in [0.25, 0.3) is 0 Å². The molecule has 1 heterocycles. The van der Waals surface area contributed by atoms with Crippen LogP contribution in [-0.2, 0) is 4.79 Å². The third-order valence-corrected chi connectivity index (χ3v) is 4.17. The van der Waals surface area contributed by atoms with Crippen molar-refractivity contribution in [3.63, 3.8) is 0 Å². The first-order valence-corrected chi connectivity index (χ1v) is 7.48. The van der Waals surface area contributed by atoms with Gasteiger partial charge in [0.1, 0.15) is 5.82 Å². The number of amides is 1. The summed E-state index contributed by atoms with van der Waals surface area (Å²) in [5.41, 5.74) is 6.41. The van der Waals surface area contributed by atoms with Gasteiger partial charge in [0, 0.05) is 17.6 Å². The first kappa shape index (κ1) is 15.8. The lowest BCUT2D eigenvalue weighted by Crippen LogP contribution is -2.38. The molecule has 1 fully saturated rings. The van der Waals surface area contributed by atoms with E-state index in [2.05, 4.69) is 24.1 Å². The fourth-order valence-corrected chi connectivity index (χ4v) is 2.86. The molecule has 116 valence electrons. The summed E-state index contributed by atoms with van der Waals surface area (Å²) in [5.74, 6) is -0.630. The van der Waals surface area contributed by atoms with Gasteiger partial charge in [-0.15, -0.1) is 0 Å². The van der Waals surface area contributed by atoms with Gasteiger partial charge in [-0.1, -0.05) is 0 Å². The van der Waals surface area contributed by atoms with Crippen LogP contribution in [0.4, 0.5) is 15.8 Å². The Kier molecular flexibility index (Phi) is 4.83. The first-order chi connectivity index (χ1) is 9.88. The smallest absolute Gasteiger partial charge is 0.224 e. The van der Waals surface area contributed by atoms with Gasteiger partial charge in [-0.25, -0.2) is 4.39 Å². The van der Waals surface area contributed by atoms with E-state index in [-0.39, 0.29) is 17.1 Å². The van der Waals surface area contributed by atoms with Crippen LogP contribution in [0.15, 0.2) is 18.2 Å². The number of hydrogen-bond acceptors (Lipinski definition) is 3. The van der Waals surface area contributed by atoms with Crippen LogP contribution in [0, 0.1) is 5.82 Å². The fraction of sp³-hybridized carbons (Fsp3) is 0.562. The Morgan fingerprint density at radius 3 is 2.90 bits per heavy atom. The number of nitrogens with one attached hydrogen (secondary N) is 1. The van der Waals surface area contributed by atoms with E-state index in [4.69, 9.17) is 5.73 Å². The van der Waals surface area contributed by atoms with Crippen LogP contribution in [0.1, 0.15) is 39.5 Å². The van der Waals surface area contributed by atoms with Gasteiger partial charge in [0.15, 0.2) is 0 Å². The molecule has 1 aliphatic rings. The third-order valence-electron chi connectivity index (χ3n) is 4.17. The number of nitrogens with zero attached hydrogens (tertiary/aromatic N) is 1. The molecule has 5 heteroatoms. The monoisotopic (exact) mass is 293 g/mol. The largest absolute Gasteiger partial charge is 0.399 e. The Labute approximate surface area is 125 Å². The SMILES string of the molecule is CC1(C)CCCN1CCCC(=O)Nc1cc(N)ccc1F. The summed E-state index contributed by atoms with van der Waals surface area (Å²) in [4.78, 5) is 14.3. The summed E-state index contributed by atoms with van der Waals surface area (Å²) in [6.07, 6.45) is 3.58. The Morgan fingerprint density at radius 2 is 2.24 bits per heavy atom. The Bertz CT molecular complexity index is 516. The number of benzene rings is 1. The summed E-state index contributed by atoms with van der Waals surface area (Å²) in [5, 5.41) is 2.58. The highest BCUT2D eigenvalue weighted by Gasteiger charge is 2.31. The fourth-order valence-electron chi connectivity index (χ4n) is 2.86. The van der Waals surface area contributed by atoms with Crippen molar-refractivity contribution in [3.8, 4) is 0 Å². The van der Waals surface area contributed by atoms with Gasteiger partial charge in [-0.2, -0.15) is 0 Å². The highest BCUT2D eigenvalue weighted by molar-refractivity contribution is 5.91. The van der Waals surface area contributed by atoms with Crippen LogP contribution in [0.5, 0.6) is 0 Å². The molecule has 21 heavy (non-hydrogen) atoms. The van der Waals surface area contributed by atoms with Crippen LogP contribution in [-0.4, -0.2) is 29.4 Å². The van der Waals surface area contributed by atoms with E-state index in [9.17, 15) is 9.18 Å². The second kappa shape index (κ2) is 6.43. The highest BCUT2D eigenvalue weighted by atomic mass is 19.1. The average molecular weight is 293 g/mol. The van der Waals surface area contributed by atoms with Crippen molar-refractivity contribution in [1.82, 2.24) is 4.90 Å². The number of rotatable bonds is 5. The lowest BCUT2D eigenvalue weighted by Gasteiger charge is -2.31. The molecular formula is C16H24FN3O. The minimum atomic E-state index is -0.460. The van der Waals surface area contributed by atoms with E-state index in [0.717, 1.165) is 19.5 Å². The minimum Gasteiger partial charge on any atom is -0.399 e. The maximum absolute atomic E-state index is 13.5. The highest BCUT2D eigenvalue weighted by Crippen LogP contribution is 2.28. The van der Waals surface area contributed by atoms with Crippen molar-refractivity contribution in [1.29, 1.82) is 0 Å². The quantitative estimate of drug-likeness (QED) is 0.821. The van der Waals surface area contributed by atoms with Gasteiger partial charge in [-0.3, -0.25) is 9.69 Å². The number of nitrogens with two attached hydrogens (primary N) is 1. The lowest BCUT2D eigenvalue weighted by molar-refractivity contribution is -0.116. The van der Waals surface area contributed by atoms with E-state index >= 15 is 0 Å². The van der Waals surface area contributed by atoms with Crippen molar-refractivity contribution in [3.05, 3.63) is 24.0 Å². The van der Waals surface area contributed by atoms with E-state index < -0.39 is 5.82 Å². The standard InChI is InChI=1S/C16H24FN3O/c1-16(2)8-4-10-20(16)9-3-5-15(21)19-14-11-12(18)6-7-13(14)17/h6-7,11H,3-5,8-10,18H2,1-2H3,(H,19,21). The molecule has 0 saturated carbocycles. The Hall–Kier alpha value is -1.62. The van der Waals surface area contributed by atoms with E-state index in [1.165, 1.54) is 31.0 Å². The van der Waals surface area contributed by atoms with Gasteiger partial charge in [0.2, 0.25) is 5.91 Å². The molecule has 0 radical (unpaired) electrons. The molecule has 0 aromatic heterocycles. The predicted octanol–water partition coefficient (Wildman–Crippen LogP) is 3.00. The van der Waals surface area contributed by atoms with E-state index in [1.807, 2.05) is 0 Å². The van der Waals surface area contributed by atoms with Gasteiger partial charge >= 0.3 is 0 Å². The van der Waals surface area contributed by atoms with Crippen LogP contribution >= 0.6 is 0 Å². The molecule has 0 bridgehead atoms. The topological polar surface area (TPSA) is 58.4 Å². The molecule has 0 atom stereocenters. The number of carbonyl (C=O) groups is 1. The van der Waals surface area contributed by atoms with Gasteiger partial charge in [-0.05, 0) is 64.4 Å². The van der Waals surface area contributed by atoms with Crippen molar-refractivity contribution in [2.75, 3.05) is 24.1 Å². The lowest BCUT2D eigenvalue weighted by atomic mass is 10.0. The number of likely N-dealkylation sites (tertiary alicyclic amines) is 1. The van der Waals surface area contributed by atoms with Crippen LogP contribution in [0.3, 0.4) is 0 Å². The maximum atomic E-state index is 13.5. The molecule has 0 aliphatic carbocycles. The van der Waals surface area contributed by atoms with Gasteiger partial charge < -0.3 is 11.1 Å². The Morgan fingerprint density at radius 1 is 1.48 bits per heavy atom. The molecular weight excluding hydrogens is 269 g/mol. The average Bonchev–Trinajstić information content (AvgIpc) is 2.73. The zero-order chi connectivity index (χ0) is 15.5. The van der Waals surface area contributed by atoms with Crippen LogP contribution in [0.2, 0.25) is 0 Å². The Balaban J connectivity index is 1.79. The summed E-state index contributed by atoms with van der Waals surface area (Å²) in [6, 6.07) is 4.18. The maximum Gasteiger partial charge on any atom is 0.224 e. The van der Waals surface area contributed by atoms with Crippen LogP contribution < -0.4 is 11.1 Å². The number of anilines is 2. The molecule has 2 rings (SSSR count). The molecule has 1 aromatic rings. The number of carbonyl (C=O) groups excluding carboxylic acids is 1. The molecule has 1 amide bonds. The molecule has 1 aliphatic heterocycles. The predicted molar refractivity (Wildman–Crippen MR) is 83.6 cm³/mol. The molecule has 1 saturated heterocycles. The summed E-state index contributed by atoms with van der Waals surface area (Å²) in [7, 11) is 0. The van der Waals surface area contributed by atoms with Crippen molar-refractivity contribution in [2.45, 2.75) is 45.1 Å². The number of hydrogen-bond donors (Lipinski definition) is 2. The summed E-state index contributed by atoms with van der Waals surface area (Å²) in [6.45, 7) is 6.47. The second-order valence-electron chi connectivity index (χ2n) is 6.29. The summed E-state index contributed by atoms with van der Waals surface area (Å²) >= 11 is 0. The van der Waals surface area contributed by atoms with Gasteiger partial charge in [0.05, 0.1) is 5.69 Å². The zero-order valence-corrected chi connectivity index (χ0v) is 12.8.